The molecule has 2 aromatic rings. The molecule has 4 N–H and O–H groups in total. The molecule has 2 atom stereocenters. The number of hydrogen-bond donors (Lipinski definition) is 3. The molecule has 3 aliphatic heterocycles. The number of hydrogen-bond acceptors (Lipinski definition) is 8. The molecule has 45 heavy (non-hydrogen) atoms. The van der Waals surface area contributed by atoms with Crippen molar-refractivity contribution in [3.63, 3.8) is 0 Å². The number of anilines is 2. The van der Waals surface area contributed by atoms with E-state index in [4.69, 9.17) is 68.7 Å². The van der Waals surface area contributed by atoms with Crippen LogP contribution in [0.25, 0.3) is 17.0 Å². The van der Waals surface area contributed by atoms with Crippen molar-refractivity contribution in [3.8, 4) is 17.3 Å². The number of carbonyl (C=O) groups excluding carboxylic acids is 1. The quantitative estimate of drug-likeness (QED) is 0.136. The molecule has 1 unspecified atom stereocenters. The van der Waals surface area contributed by atoms with E-state index >= 15 is 0 Å². The summed E-state index contributed by atoms with van der Waals surface area (Å²) in [5.74, 6) is 0.228. The molecule has 14 heteroatoms. The number of pyridine rings is 1. The minimum Gasteiger partial charge on any atom is -0.397 e. The zero-order valence-electron chi connectivity index (χ0n) is 24.6. The van der Waals surface area contributed by atoms with Crippen molar-refractivity contribution in [1.82, 2.24) is 20.1 Å². The monoisotopic (exact) mass is 707 g/mol. The van der Waals surface area contributed by atoms with E-state index in [2.05, 4.69) is 31.8 Å². The Kier molecular flexibility index (Phi) is 9.58. The Bertz CT molecular complexity index is 1710. The predicted molar refractivity (Wildman–Crippen MR) is 182 cm³/mol. The minimum absolute atomic E-state index is 0.00528. The third-order valence-corrected chi connectivity index (χ3v) is 10.3. The molecule has 1 aromatic carbocycles. The number of benzene rings is 1. The number of piperazine rings is 1. The van der Waals surface area contributed by atoms with E-state index in [1.807, 2.05) is 24.1 Å². The van der Waals surface area contributed by atoms with Gasteiger partial charge in [0.05, 0.1) is 48.2 Å². The predicted octanol–water partition coefficient (Wildman–Crippen LogP) is 6.72. The zero-order valence-corrected chi connectivity index (χ0v) is 28.4. The molecule has 0 spiro atoms. The number of allylic oxidation sites excluding steroid dienone is 2. The largest absolute Gasteiger partial charge is 0.397 e. The van der Waals surface area contributed by atoms with Crippen LogP contribution in [-0.4, -0.2) is 64.2 Å². The number of aliphatic hydroxyl groups excluding tert-OH is 1. The Balaban J connectivity index is 1.79. The number of nitrogens with two attached hydrogens (primary N) is 1. The van der Waals surface area contributed by atoms with Crippen molar-refractivity contribution >= 4 is 81.1 Å². The molecule has 1 aromatic heterocycles. The van der Waals surface area contributed by atoms with Gasteiger partial charge in [-0.1, -0.05) is 78.4 Å². The van der Waals surface area contributed by atoms with Crippen LogP contribution < -0.4 is 16.0 Å². The van der Waals surface area contributed by atoms with E-state index in [-0.39, 0.29) is 65.5 Å². The van der Waals surface area contributed by atoms with Crippen LogP contribution in [-0.2, 0) is 4.79 Å². The van der Waals surface area contributed by atoms with Crippen LogP contribution in [0.5, 0.6) is 0 Å². The van der Waals surface area contributed by atoms with Crippen LogP contribution in [0.2, 0.25) is 25.1 Å². The second-order valence-electron chi connectivity index (χ2n) is 11.2. The lowest BCUT2D eigenvalue weighted by Crippen LogP contribution is -2.52. The van der Waals surface area contributed by atoms with Gasteiger partial charge in [0.2, 0.25) is 5.91 Å². The first-order valence-electron chi connectivity index (χ1n) is 14.1. The smallest absolute Gasteiger partial charge is 0.246 e. The number of aromatic nitrogens is 1. The lowest BCUT2D eigenvalue weighted by molar-refractivity contribution is -0.127. The van der Waals surface area contributed by atoms with E-state index in [0.29, 0.717) is 43.3 Å². The second kappa shape index (κ2) is 13.0. The highest BCUT2D eigenvalue weighted by Gasteiger charge is 2.42. The Morgan fingerprint density at radius 1 is 1.16 bits per heavy atom. The fourth-order valence-electron chi connectivity index (χ4n) is 5.92. The number of fused-ring (bicyclic) bond motifs is 1. The molecule has 1 saturated heterocycles. The van der Waals surface area contributed by atoms with Gasteiger partial charge in [0.25, 0.3) is 0 Å². The zero-order chi connectivity index (χ0) is 32.9. The average Bonchev–Trinajstić information content (AvgIpc) is 3.02. The van der Waals surface area contributed by atoms with E-state index in [0.717, 1.165) is 11.3 Å². The van der Waals surface area contributed by atoms with E-state index in [1.165, 1.54) is 6.08 Å². The summed E-state index contributed by atoms with van der Waals surface area (Å²) in [6, 6.07) is 3.68. The summed E-state index contributed by atoms with van der Waals surface area (Å²) in [6.45, 7) is 11.2. The van der Waals surface area contributed by atoms with Gasteiger partial charge in [0.15, 0.2) is 6.23 Å². The van der Waals surface area contributed by atoms with Crippen molar-refractivity contribution in [2.45, 2.75) is 33.0 Å². The molecule has 9 nitrogen and oxygen atoms in total. The van der Waals surface area contributed by atoms with Gasteiger partial charge in [-0.05, 0) is 42.8 Å². The van der Waals surface area contributed by atoms with Gasteiger partial charge in [-0.15, -0.1) is 0 Å². The molecule has 1 fully saturated rings. The van der Waals surface area contributed by atoms with Gasteiger partial charge in [0, 0.05) is 43.0 Å². The first-order chi connectivity index (χ1) is 21.3. The van der Waals surface area contributed by atoms with Crippen LogP contribution in [0.15, 0.2) is 47.8 Å². The van der Waals surface area contributed by atoms with Crippen molar-refractivity contribution in [3.05, 3.63) is 78.5 Å². The molecule has 5 rings (SSSR count). The minimum atomic E-state index is -1.42. The molecular formula is C31H30Cl5N7O2. The topological polar surface area (TPSA) is 122 Å². The molecular weight excluding hydrogens is 680 g/mol. The number of nitrogens with zero attached hydrogens (tertiary/aromatic N) is 5. The summed E-state index contributed by atoms with van der Waals surface area (Å²) in [7, 11) is 0. The first kappa shape index (κ1) is 33.3. The number of rotatable bonds is 5. The number of nitriles is 1. The van der Waals surface area contributed by atoms with Crippen LogP contribution in [0.4, 0.5) is 11.5 Å². The summed E-state index contributed by atoms with van der Waals surface area (Å²) in [5.41, 5.74) is 9.45. The van der Waals surface area contributed by atoms with Crippen LogP contribution in [0.3, 0.4) is 0 Å². The van der Waals surface area contributed by atoms with Crippen LogP contribution in [0.1, 0.15) is 26.3 Å². The average molecular weight is 710 g/mol. The van der Waals surface area contributed by atoms with Gasteiger partial charge in [-0.25, -0.2) is 4.98 Å². The summed E-state index contributed by atoms with van der Waals surface area (Å²) < 4.78 is 0. The maximum absolute atomic E-state index is 12.3. The van der Waals surface area contributed by atoms with Crippen LogP contribution >= 0.6 is 58.0 Å². The van der Waals surface area contributed by atoms with Crippen molar-refractivity contribution in [1.29, 1.82) is 5.26 Å². The fourth-order valence-corrected chi connectivity index (χ4v) is 7.12. The normalized spacial score (nSPS) is 20.0. The molecule has 236 valence electrons. The Labute approximate surface area is 286 Å². The van der Waals surface area contributed by atoms with Crippen molar-refractivity contribution < 1.29 is 9.90 Å². The van der Waals surface area contributed by atoms with Crippen LogP contribution in [0, 0.1) is 17.2 Å². The van der Waals surface area contributed by atoms with E-state index in [1.54, 1.807) is 15.9 Å². The fraction of sp³-hybridized carbons (Fsp3) is 0.323. The van der Waals surface area contributed by atoms with Gasteiger partial charge >= 0.3 is 0 Å². The summed E-state index contributed by atoms with van der Waals surface area (Å²) in [5, 5.41) is 26.1. The van der Waals surface area contributed by atoms with Gasteiger partial charge in [0.1, 0.15) is 17.5 Å². The SMILES string of the molecule is C=CC(=O)N1CCN(C2=C(C#N)C(O)N(C3=C(C)C=CN[C@@H]3C(C)C)c3nc(-c4c(N)c(Cl)c(Cl)c(Cl)c4Cl)c(Cl)cc32)CC1. The second-order valence-corrected chi connectivity index (χ2v) is 13.1. The third kappa shape index (κ3) is 5.62. The highest BCUT2D eigenvalue weighted by atomic mass is 35.5. The summed E-state index contributed by atoms with van der Waals surface area (Å²) in [6.07, 6.45) is 3.61. The Morgan fingerprint density at radius 2 is 1.80 bits per heavy atom. The molecule has 0 bridgehead atoms. The standard InChI is InChI=1S/C31H30Cl5N7O2/c1-5-19(44)41-8-10-42(11-9-41)29-16-12-18(32)27(20-21(33)22(34)23(35)24(36)25(20)38)40-30(16)43(31(45)17(29)13-37)28-15(4)6-7-39-26(28)14(2)3/h5-7,12,14,26,31,39,45H,1,8-11,38H2,2-4H3/t26-,31?/m1/s1. The van der Waals surface area contributed by atoms with Crippen molar-refractivity contribution in [2.24, 2.45) is 5.92 Å². The van der Waals surface area contributed by atoms with E-state index in [9.17, 15) is 15.2 Å². The molecule has 0 saturated carbocycles. The number of halogens is 5. The molecule has 3 aliphatic rings. The first-order valence-corrected chi connectivity index (χ1v) is 16.0. The maximum atomic E-state index is 12.3. The highest BCUT2D eigenvalue weighted by molar-refractivity contribution is 6.54. The third-order valence-electron chi connectivity index (χ3n) is 8.17. The van der Waals surface area contributed by atoms with Crippen molar-refractivity contribution in [2.75, 3.05) is 36.8 Å². The highest BCUT2D eigenvalue weighted by Crippen LogP contribution is 2.51. The molecule has 1 amide bonds. The molecule has 0 radical (unpaired) electrons. The summed E-state index contributed by atoms with van der Waals surface area (Å²) >= 11 is 32.7. The molecule has 0 aliphatic carbocycles. The number of amides is 1. The Morgan fingerprint density at radius 3 is 2.40 bits per heavy atom. The Hall–Kier alpha value is -3.10. The van der Waals surface area contributed by atoms with Gasteiger partial charge < -0.3 is 26.0 Å². The molecule has 4 heterocycles. The number of carbonyl (C=O) groups is 1. The number of aliphatic hydroxyl groups is 1. The number of nitrogens with one attached hydrogen (secondary N) is 1. The maximum Gasteiger partial charge on any atom is 0.246 e. The van der Waals surface area contributed by atoms with Gasteiger partial charge in [-0.2, -0.15) is 5.26 Å². The number of nitrogen functional groups attached to an aromatic ring is 1. The number of dihydropyridines is 1. The van der Waals surface area contributed by atoms with E-state index < -0.39 is 6.23 Å². The van der Waals surface area contributed by atoms with Gasteiger partial charge in [-0.3, -0.25) is 9.69 Å². The lowest BCUT2D eigenvalue weighted by Gasteiger charge is -2.45. The summed E-state index contributed by atoms with van der Waals surface area (Å²) in [4.78, 5) is 22.6. The lowest BCUT2D eigenvalue weighted by atomic mass is 9.90.